The van der Waals surface area contributed by atoms with Gasteiger partial charge in [0.2, 0.25) is 23.6 Å². The number of methoxy groups -OCH3 is 1. The molecule has 3 aromatic carbocycles. The number of hydrogen-bond acceptors (Lipinski definition) is 6. The van der Waals surface area contributed by atoms with Crippen LogP contribution in [-0.4, -0.2) is 35.8 Å². The molecule has 0 bridgehead atoms. The van der Waals surface area contributed by atoms with E-state index in [-0.39, 0.29) is 41.5 Å². The quantitative estimate of drug-likeness (QED) is 0.169. The molecule has 6 atom stereocenters. The van der Waals surface area contributed by atoms with Gasteiger partial charge in [0, 0.05) is 17.5 Å². The third-order valence-corrected chi connectivity index (χ3v) is 13.1. The minimum Gasteiger partial charge on any atom is -0.503 e. The summed E-state index contributed by atoms with van der Waals surface area (Å²) in [5, 5.41) is 10.7. The number of phenolic OH excluding ortho intramolecular Hbond substituents is 1. The van der Waals surface area contributed by atoms with Crippen LogP contribution in [0.5, 0.6) is 11.5 Å². The van der Waals surface area contributed by atoms with Crippen molar-refractivity contribution in [1.82, 2.24) is 0 Å². The van der Waals surface area contributed by atoms with Crippen molar-refractivity contribution < 1.29 is 29.0 Å². The van der Waals surface area contributed by atoms with E-state index in [1.165, 1.54) is 16.9 Å². The number of phenols is 1. The van der Waals surface area contributed by atoms with E-state index in [0.717, 1.165) is 12.7 Å². The molecule has 0 spiro atoms. The van der Waals surface area contributed by atoms with Crippen molar-refractivity contribution >= 4 is 112 Å². The molecule has 2 aliphatic heterocycles. The van der Waals surface area contributed by atoms with Gasteiger partial charge in [-0.05, 0) is 156 Å². The van der Waals surface area contributed by atoms with E-state index in [4.69, 9.17) is 4.74 Å². The van der Waals surface area contributed by atoms with Gasteiger partial charge in [-0.25, -0.2) is 0 Å². The Morgan fingerprint density at radius 2 is 1.29 bits per heavy atom. The van der Waals surface area contributed by atoms with Gasteiger partial charge in [-0.15, -0.1) is 0 Å². The van der Waals surface area contributed by atoms with Gasteiger partial charge < -0.3 is 9.84 Å². The normalized spacial score (nSPS) is 27.4. The van der Waals surface area contributed by atoms with Gasteiger partial charge in [0.15, 0.2) is 11.5 Å². The van der Waals surface area contributed by atoms with Crippen LogP contribution in [0, 0.1) is 36.7 Å². The van der Waals surface area contributed by atoms with E-state index in [1.54, 1.807) is 30.3 Å². The second kappa shape index (κ2) is 11.7. The third kappa shape index (κ3) is 4.83. The summed E-state index contributed by atoms with van der Waals surface area (Å²) in [6, 6.07) is 16.2. The maximum atomic E-state index is 14.4. The molecule has 2 heterocycles. The molecular formula is C33H24Br2I2N2O6. The van der Waals surface area contributed by atoms with Crippen LogP contribution in [0.15, 0.2) is 75.2 Å². The second-order valence-electron chi connectivity index (χ2n) is 11.6. The summed E-state index contributed by atoms with van der Waals surface area (Å²) in [5.41, 5.74) is 2.53. The SMILES string of the molecule is COc1cc(C2C3=CCC4C(=O)N(c5ccc(I)cc5)C(=O)C4C3CC3C(=O)N(c4ccc(I)cc4)C(=O)C32)c(Br)c(Br)c1O. The second-order valence-corrected chi connectivity index (χ2v) is 15.7. The molecule has 4 amide bonds. The number of benzene rings is 3. The number of ether oxygens (including phenoxy) is 1. The Hall–Kier alpha value is -2.30. The molecule has 6 unspecified atom stereocenters. The highest BCUT2D eigenvalue weighted by Gasteiger charge is 2.62. The largest absolute Gasteiger partial charge is 0.503 e. The number of hydrogen-bond donors (Lipinski definition) is 1. The summed E-state index contributed by atoms with van der Waals surface area (Å²) in [6.07, 6.45) is 2.61. The molecule has 3 aromatic rings. The van der Waals surface area contributed by atoms with Crippen LogP contribution in [-0.2, 0) is 19.2 Å². The lowest BCUT2D eigenvalue weighted by atomic mass is 9.57. The summed E-state index contributed by atoms with van der Waals surface area (Å²) in [5.74, 6) is -4.83. The van der Waals surface area contributed by atoms with Gasteiger partial charge >= 0.3 is 0 Å². The smallest absolute Gasteiger partial charge is 0.238 e. The summed E-state index contributed by atoms with van der Waals surface area (Å²) >= 11 is 11.5. The average molecular weight is 958 g/mol. The first-order valence-electron chi connectivity index (χ1n) is 14.2. The molecule has 230 valence electrons. The Bertz CT molecular complexity index is 1830. The Morgan fingerprint density at radius 3 is 1.84 bits per heavy atom. The summed E-state index contributed by atoms with van der Waals surface area (Å²) < 4.78 is 8.33. The van der Waals surface area contributed by atoms with Gasteiger partial charge in [-0.3, -0.25) is 29.0 Å². The number of carbonyl (C=O) groups is 4. The van der Waals surface area contributed by atoms with Gasteiger partial charge in [0.25, 0.3) is 0 Å². The van der Waals surface area contributed by atoms with Crippen LogP contribution in [0.2, 0.25) is 0 Å². The molecule has 45 heavy (non-hydrogen) atoms. The fourth-order valence-corrected chi connectivity index (χ4v) is 9.31. The van der Waals surface area contributed by atoms with Crippen molar-refractivity contribution in [2.75, 3.05) is 16.9 Å². The van der Waals surface area contributed by atoms with E-state index < -0.39 is 35.5 Å². The number of nitrogens with zero attached hydrogens (tertiary/aromatic N) is 2. The first-order valence-corrected chi connectivity index (χ1v) is 18.0. The number of rotatable bonds is 4. The zero-order valence-electron chi connectivity index (χ0n) is 23.5. The minimum absolute atomic E-state index is 0.103. The van der Waals surface area contributed by atoms with Gasteiger partial charge in [0.05, 0.1) is 46.6 Å². The highest BCUT2D eigenvalue weighted by Crippen LogP contribution is 2.60. The molecule has 2 saturated heterocycles. The molecule has 3 fully saturated rings. The van der Waals surface area contributed by atoms with Crippen molar-refractivity contribution in [1.29, 1.82) is 0 Å². The van der Waals surface area contributed by atoms with Crippen LogP contribution < -0.4 is 14.5 Å². The molecule has 1 N–H and O–H groups in total. The topological polar surface area (TPSA) is 104 Å². The molecule has 0 aromatic heterocycles. The maximum absolute atomic E-state index is 14.4. The molecule has 2 aliphatic carbocycles. The van der Waals surface area contributed by atoms with Crippen LogP contribution in [0.4, 0.5) is 11.4 Å². The number of amides is 4. The summed E-state index contributed by atoms with van der Waals surface area (Å²) in [7, 11) is 1.45. The maximum Gasteiger partial charge on any atom is 0.238 e. The van der Waals surface area contributed by atoms with E-state index >= 15 is 0 Å². The van der Waals surface area contributed by atoms with E-state index in [2.05, 4.69) is 77.0 Å². The standard InChI is InChI=1S/C33H24Br2I2N2O6/c1-45-23-13-21(27(34)28(35)29(23)40)24-18-10-11-19-25(32(43)38(30(19)41)16-6-2-14(36)3-7-16)20(18)12-22-26(24)33(44)39(31(22)42)17-8-4-15(37)5-9-17/h2-10,13,19-20,22,24-26,40H,11-12H2,1H3. The fraction of sp³-hybridized carbons (Fsp3) is 0.273. The van der Waals surface area contributed by atoms with Gasteiger partial charge in [0.1, 0.15) is 0 Å². The molecule has 4 aliphatic rings. The molecule has 8 nitrogen and oxygen atoms in total. The Balaban J connectivity index is 1.38. The number of imide groups is 2. The number of halogens is 4. The molecular weight excluding hydrogens is 934 g/mol. The van der Waals surface area contributed by atoms with E-state index in [0.29, 0.717) is 32.3 Å². The number of anilines is 2. The van der Waals surface area contributed by atoms with Crippen molar-refractivity contribution in [2.24, 2.45) is 29.6 Å². The Morgan fingerprint density at radius 1 is 0.756 bits per heavy atom. The van der Waals surface area contributed by atoms with Crippen molar-refractivity contribution in [2.45, 2.75) is 18.8 Å². The average Bonchev–Trinajstić information content (AvgIpc) is 3.44. The number of fused-ring (bicyclic) bond motifs is 4. The van der Waals surface area contributed by atoms with Gasteiger partial charge in [-0.1, -0.05) is 11.6 Å². The van der Waals surface area contributed by atoms with Crippen LogP contribution in [0.25, 0.3) is 0 Å². The number of aromatic hydroxyl groups is 1. The zero-order chi connectivity index (χ0) is 31.9. The molecule has 12 heteroatoms. The molecule has 7 rings (SSSR count). The zero-order valence-corrected chi connectivity index (χ0v) is 31.0. The van der Waals surface area contributed by atoms with Crippen LogP contribution in [0.1, 0.15) is 24.3 Å². The summed E-state index contributed by atoms with van der Waals surface area (Å²) in [4.78, 5) is 59.1. The molecule has 0 radical (unpaired) electrons. The first kappa shape index (κ1) is 31.3. The van der Waals surface area contributed by atoms with E-state index in [9.17, 15) is 24.3 Å². The monoisotopic (exact) mass is 956 g/mol. The minimum atomic E-state index is -0.757. The first-order chi connectivity index (χ1) is 21.5. The van der Waals surface area contributed by atoms with Crippen molar-refractivity contribution in [3.63, 3.8) is 0 Å². The number of allylic oxidation sites excluding steroid dienone is 2. The molecule has 1 saturated carbocycles. The predicted molar refractivity (Wildman–Crippen MR) is 191 cm³/mol. The number of carbonyl (C=O) groups excluding carboxylic acids is 4. The lowest BCUT2D eigenvalue weighted by molar-refractivity contribution is -0.126. The summed E-state index contributed by atoms with van der Waals surface area (Å²) in [6.45, 7) is 0. The highest BCUT2D eigenvalue weighted by molar-refractivity contribution is 14.1. The van der Waals surface area contributed by atoms with Crippen molar-refractivity contribution in [3.8, 4) is 11.5 Å². The Labute approximate surface area is 303 Å². The predicted octanol–water partition coefficient (Wildman–Crippen LogP) is 7.18. The lowest BCUT2D eigenvalue weighted by Crippen LogP contribution is -2.43. The third-order valence-electron chi connectivity index (χ3n) is 9.55. The fourth-order valence-electron chi connectivity index (χ4n) is 7.62. The van der Waals surface area contributed by atoms with Crippen LogP contribution >= 0.6 is 77.0 Å². The van der Waals surface area contributed by atoms with Crippen LogP contribution in [0.3, 0.4) is 0 Å². The Kier molecular flexibility index (Phi) is 8.17. The van der Waals surface area contributed by atoms with Gasteiger partial charge in [-0.2, -0.15) is 0 Å². The van der Waals surface area contributed by atoms with E-state index in [1.807, 2.05) is 30.3 Å². The highest BCUT2D eigenvalue weighted by atomic mass is 127. The lowest BCUT2D eigenvalue weighted by Gasteiger charge is -2.44. The van der Waals surface area contributed by atoms with Crippen molar-refractivity contribution in [3.05, 3.63) is 87.9 Å².